The van der Waals surface area contributed by atoms with E-state index in [2.05, 4.69) is 5.32 Å². The minimum absolute atomic E-state index is 0.225. The van der Waals surface area contributed by atoms with Gasteiger partial charge in [0.2, 0.25) is 0 Å². The Hall–Kier alpha value is -1.60. The molecule has 1 unspecified atom stereocenters. The average molecular weight is 328 g/mol. The predicted molar refractivity (Wildman–Crippen MR) is 85.5 cm³/mol. The Morgan fingerprint density at radius 1 is 1.36 bits per heavy atom. The number of alkyl carbamates (subject to hydrolysis) is 1. The summed E-state index contributed by atoms with van der Waals surface area (Å²) in [7, 11) is -3.26. The Bertz CT molecular complexity index is 621. The van der Waals surface area contributed by atoms with Crippen LogP contribution in [0.4, 0.5) is 4.79 Å². The predicted octanol–water partition coefficient (Wildman–Crippen LogP) is 1.48. The van der Waals surface area contributed by atoms with E-state index < -0.39 is 21.5 Å². The van der Waals surface area contributed by atoms with Crippen LogP contribution < -0.4 is 11.1 Å². The fourth-order valence-corrected chi connectivity index (χ4v) is 2.55. The Kier molecular flexibility index (Phi) is 5.96. The molecule has 0 aliphatic rings. The van der Waals surface area contributed by atoms with E-state index in [-0.39, 0.29) is 17.5 Å². The van der Waals surface area contributed by atoms with E-state index in [1.165, 1.54) is 6.07 Å². The average Bonchev–Trinajstić information content (AvgIpc) is 2.35. The van der Waals surface area contributed by atoms with E-state index in [4.69, 9.17) is 10.5 Å². The summed E-state index contributed by atoms with van der Waals surface area (Å²) in [4.78, 5) is 12.0. The van der Waals surface area contributed by atoms with Crippen molar-refractivity contribution in [3.05, 3.63) is 29.8 Å². The van der Waals surface area contributed by atoms with E-state index >= 15 is 0 Å². The Balaban J connectivity index is 2.77. The molecule has 22 heavy (non-hydrogen) atoms. The van der Waals surface area contributed by atoms with Crippen LogP contribution in [0.3, 0.4) is 0 Å². The number of sulfone groups is 1. The van der Waals surface area contributed by atoms with Crippen molar-refractivity contribution < 1.29 is 17.9 Å². The largest absolute Gasteiger partial charge is 0.444 e. The molecule has 0 bridgehead atoms. The maximum absolute atomic E-state index is 11.8. The van der Waals surface area contributed by atoms with Crippen LogP contribution in [0.15, 0.2) is 29.2 Å². The molecule has 0 spiro atoms. The molecule has 1 amide bonds. The van der Waals surface area contributed by atoms with Crippen LogP contribution in [0.5, 0.6) is 0 Å². The van der Waals surface area contributed by atoms with E-state index in [0.717, 1.165) is 11.8 Å². The molecule has 1 aromatic rings. The highest BCUT2D eigenvalue weighted by Crippen LogP contribution is 2.13. The SMILES string of the molecule is CC(C)(C)OC(=O)NC(CN)Cc1cccc(S(C)(=O)=O)c1. The van der Waals surface area contributed by atoms with Crippen LogP contribution in [0.25, 0.3) is 0 Å². The smallest absolute Gasteiger partial charge is 0.407 e. The first-order valence-corrected chi connectivity index (χ1v) is 8.89. The van der Waals surface area contributed by atoms with Gasteiger partial charge < -0.3 is 15.8 Å². The lowest BCUT2D eigenvalue weighted by Crippen LogP contribution is -2.44. The molecule has 0 heterocycles. The second-order valence-corrected chi connectivity index (χ2v) is 8.22. The van der Waals surface area contributed by atoms with Crippen molar-refractivity contribution in [2.45, 2.75) is 43.7 Å². The number of carbonyl (C=O) groups is 1. The molecule has 124 valence electrons. The van der Waals surface area contributed by atoms with Gasteiger partial charge in [0.15, 0.2) is 9.84 Å². The van der Waals surface area contributed by atoms with Gasteiger partial charge in [-0.25, -0.2) is 13.2 Å². The standard InChI is InChI=1S/C15H24N2O4S/c1-15(2,3)21-14(18)17-12(10-16)8-11-6-5-7-13(9-11)22(4,19)20/h5-7,9,12H,8,10,16H2,1-4H3,(H,17,18). The van der Waals surface area contributed by atoms with Gasteiger partial charge in [-0.15, -0.1) is 0 Å². The molecule has 0 aromatic heterocycles. The summed E-state index contributed by atoms with van der Waals surface area (Å²) in [6.07, 6.45) is 1.05. The number of carbonyl (C=O) groups excluding carboxylic acids is 1. The fourth-order valence-electron chi connectivity index (χ4n) is 1.86. The molecule has 0 saturated heterocycles. The van der Waals surface area contributed by atoms with Crippen LogP contribution in [-0.4, -0.2) is 39.0 Å². The molecule has 0 radical (unpaired) electrons. The number of hydrogen-bond donors (Lipinski definition) is 2. The van der Waals surface area contributed by atoms with Crippen molar-refractivity contribution >= 4 is 15.9 Å². The molecule has 0 saturated carbocycles. The van der Waals surface area contributed by atoms with Gasteiger partial charge in [0.05, 0.1) is 4.90 Å². The van der Waals surface area contributed by atoms with Crippen LogP contribution in [-0.2, 0) is 21.0 Å². The van der Waals surface area contributed by atoms with Crippen molar-refractivity contribution in [1.29, 1.82) is 0 Å². The highest BCUT2D eigenvalue weighted by Gasteiger charge is 2.19. The van der Waals surface area contributed by atoms with Crippen molar-refractivity contribution in [1.82, 2.24) is 5.32 Å². The van der Waals surface area contributed by atoms with E-state index in [9.17, 15) is 13.2 Å². The lowest BCUT2D eigenvalue weighted by Gasteiger charge is -2.23. The summed E-state index contributed by atoms with van der Waals surface area (Å²) in [6, 6.07) is 6.28. The monoisotopic (exact) mass is 328 g/mol. The first-order valence-electron chi connectivity index (χ1n) is 7.00. The summed E-state index contributed by atoms with van der Waals surface area (Å²) in [6.45, 7) is 5.56. The van der Waals surface area contributed by atoms with Crippen LogP contribution >= 0.6 is 0 Å². The minimum Gasteiger partial charge on any atom is -0.444 e. The maximum atomic E-state index is 11.8. The maximum Gasteiger partial charge on any atom is 0.407 e. The zero-order valence-corrected chi connectivity index (χ0v) is 14.2. The Morgan fingerprint density at radius 2 is 2.00 bits per heavy atom. The topological polar surface area (TPSA) is 98.5 Å². The van der Waals surface area contributed by atoms with Crippen molar-refractivity contribution in [3.8, 4) is 0 Å². The van der Waals surface area contributed by atoms with Crippen molar-refractivity contribution in [2.24, 2.45) is 5.73 Å². The normalized spacial score (nSPS) is 13.5. The van der Waals surface area contributed by atoms with Gasteiger partial charge in [-0.3, -0.25) is 0 Å². The summed E-state index contributed by atoms with van der Waals surface area (Å²) < 4.78 is 28.3. The molecule has 0 fully saturated rings. The third kappa shape index (κ3) is 6.44. The quantitative estimate of drug-likeness (QED) is 0.853. The Labute approximate surface area is 132 Å². The summed E-state index contributed by atoms with van der Waals surface area (Å²) >= 11 is 0. The fraction of sp³-hybridized carbons (Fsp3) is 0.533. The lowest BCUT2D eigenvalue weighted by atomic mass is 10.1. The molecular weight excluding hydrogens is 304 g/mol. The van der Waals surface area contributed by atoms with Crippen LogP contribution in [0, 0.1) is 0 Å². The highest BCUT2D eigenvalue weighted by atomic mass is 32.2. The molecular formula is C15H24N2O4S. The van der Waals surface area contributed by atoms with Gasteiger partial charge in [0.25, 0.3) is 0 Å². The van der Waals surface area contributed by atoms with E-state index in [0.29, 0.717) is 6.42 Å². The van der Waals surface area contributed by atoms with Crippen molar-refractivity contribution in [2.75, 3.05) is 12.8 Å². The molecule has 0 aliphatic heterocycles. The van der Waals surface area contributed by atoms with Crippen molar-refractivity contribution in [3.63, 3.8) is 0 Å². The molecule has 3 N–H and O–H groups in total. The lowest BCUT2D eigenvalue weighted by molar-refractivity contribution is 0.0506. The number of amides is 1. The van der Waals surface area contributed by atoms with Crippen LogP contribution in [0.1, 0.15) is 26.3 Å². The number of nitrogens with one attached hydrogen (secondary N) is 1. The minimum atomic E-state index is -3.26. The van der Waals surface area contributed by atoms with E-state index in [1.54, 1.807) is 39.0 Å². The summed E-state index contributed by atoms with van der Waals surface area (Å²) in [5.41, 5.74) is 5.87. The van der Waals surface area contributed by atoms with Gasteiger partial charge in [0, 0.05) is 18.8 Å². The number of rotatable bonds is 5. The number of hydrogen-bond acceptors (Lipinski definition) is 5. The number of nitrogens with two attached hydrogens (primary N) is 1. The molecule has 7 heteroatoms. The molecule has 0 aliphatic carbocycles. The second kappa shape index (κ2) is 7.11. The van der Waals surface area contributed by atoms with Crippen LogP contribution in [0.2, 0.25) is 0 Å². The first kappa shape index (κ1) is 18.4. The zero-order chi connectivity index (χ0) is 17.0. The van der Waals surface area contributed by atoms with Gasteiger partial charge in [0.1, 0.15) is 5.60 Å². The molecule has 1 atom stereocenters. The third-order valence-corrected chi connectivity index (χ3v) is 3.92. The van der Waals surface area contributed by atoms with Gasteiger partial charge in [-0.1, -0.05) is 12.1 Å². The Morgan fingerprint density at radius 3 is 2.50 bits per heavy atom. The van der Waals surface area contributed by atoms with Gasteiger partial charge in [-0.2, -0.15) is 0 Å². The third-order valence-electron chi connectivity index (χ3n) is 2.81. The van der Waals surface area contributed by atoms with Gasteiger partial charge >= 0.3 is 6.09 Å². The highest BCUT2D eigenvalue weighted by molar-refractivity contribution is 7.90. The number of benzene rings is 1. The summed E-state index contributed by atoms with van der Waals surface area (Å²) in [5.74, 6) is 0. The second-order valence-electron chi connectivity index (χ2n) is 6.20. The first-order chi connectivity index (χ1) is 10.0. The molecule has 1 aromatic carbocycles. The van der Waals surface area contributed by atoms with E-state index in [1.807, 2.05) is 0 Å². The molecule has 6 nitrogen and oxygen atoms in total. The summed E-state index contributed by atoms with van der Waals surface area (Å²) in [5, 5.41) is 2.69. The molecule has 1 rings (SSSR count). The van der Waals surface area contributed by atoms with Gasteiger partial charge in [-0.05, 0) is 44.9 Å². The number of ether oxygens (including phenoxy) is 1. The zero-order valence-electron chi connectivity index (χ0n) is 13.4.